The highest BCUT2D eigenvalue weighted by Gasteiger charge is 2.44. The molecule has 1 atom stereocenters. The molecule has 0 aliphatic rings. The molecule has 5 heteroatoms. The molecule has 0 bridgehead atoms. The van der Waals surface area contributed by atoms with E-state index in [0.29, 0.717) is 6.42 Å². The van der Waals surface area contributed by atoms with Gasteiger partial charge in [0.1, 0.15) is 5.60 Å². The summed E-state index contributed by atoms with van der Waals surface area (Å²) in [4.78, 5) is 22.7. The third kappa shape index (κ3) is 4.18. The predicted molar refractivity (Wildman–Crippen MR) is 59.9 cm³/mol. The van der Waals surface area contributed by atoms with E-state index in [0.717, 1.165) is 6.42 Å². The van der Waals surface area contributed by atoms with Crippen LogP contribution in [-0.2, 0) is 14.3 Å². The number of ether oxygens (including phenoxy) is 1. The lowest BCUT2D eigenvalue weighted by Crippen LogP contribution is -2.57. The fraction of sp³-hybridized carbons (Fsp3) is 0.818. The van der Waals surface area contributed by atoms with Crippen LogP contribution in [0.4, 0.5) is 0 Å². The number of esters is 1. The molecular formula is C11H21NO4. The lowest BCUT2D eigenvalue weighted by atomic mass is 9.94. The van der Waals surface area contributed by atoms with E-state index in [2.05, 4.69) is 0 Å². The quantitative estimate of drug-likeness (QED) is 0.550. The minimum atomic E-state index is -1.93. The average Bonchev–Trinajstić information content (AvgIpc) is 2.10. The first-order valence-electron chi connectivity index (χ1n) is 5.39. The van der Waals surface area contributed by atoms with Crippen molar-refractivity contribution < 1.29 is 19.4 Å². The summed E-state index contributed by atoms with van der Waals surface area (Å²) in [5.41, 5.74) is 2.94. The number of hydrogen-bond donors (Lipinski definition) is 2. The summed E-state index contributed by atoms with van der Waals surface area (Å²) in [6.45, 7) is 6.92. The van der Waals surface area contributed by atoms with Gasteiger partial charge >= 0.3 is 11.9 Å². The van der Waals surface area contributed by atoms with E-state index >= 15 is 0 Å². The first-order valence-corrected chi connectivity index (χ1v) is 5.39. The molecule has 0 aliphatic heterocycles. The monoisotopic (exact) mass is 231 g/mol. The largest absolute Gasteiger partial charge is 0.479 e. The molecule has 0 unspecified atom stereocenters. The van der Waals surface area contributed by atoms with Gasteiger partial charge in [0.25, 0.3) is 0 Å². The van der Waals surface area contributed by atoms with Crippen molar-refractivity contribution in [3.05, 3.63) is 0 Å². The molecule has 0 aliphatic carbocycles. The zero-order chi connectivity index (χ0) is 13.0. The molecule has 5 nitrogen and oxygen atoms in total. The van der Waals surface area contributed by atoms with E-state index in [9.17, 15) is 9.59 Å². The van der Waals surface area contributed by atoms with Crippen LogP contribution in [-0.4, -0.2) is 28.2 Å². The molecular weight excluding hydrogens is 210 g/mol. The summed E-state index contributed by atoms with van der Waals surface area (Å²) in [5, 5.41) is 9.00. The molecule has 0 heterocycles. The minimum absolute atomic E-state index is 0.0910. The summed E-state index contributed by atoms with van der Waals surface area (Å²) >= 11 is 0. The number of hydrogen-bond acceptors (Lipinski definition) is 4. The molecule has 0 spiro atoms. The summed E-state index contributed by atoms with van der Waals surface area (Å²) in [7, 11) is 0. The van der Waals surface area contributed by atoms with Gasteiger partial charge in [-0.05, 0) is 27.2 Å². The number of carbonyl (C=O) groups is 2. The van der Waals surface area contributed by atoms with Crippen LogP contribution in [0.15, 0.2) is 0 Å². The van der Waals surface area contributed by atoms with Crippen LogP contribution in [0.25, 0.3) is 0 Å². The summed E-state index contributed by atoms with van der Waals surface area (Å²) in [6.07, 6.45) is 1.44. The predicted octanol–water partition coefficient (Wildman–Crippen LogP) is 1.30. The molecule has 16 heavy (non-hydrogen) atoms. The van der Waals surface area contributed by atoms with Crippen molar-refractivity contribution in [3.8, 4) is 0 Å². The van der Waals surface area contributed by atoms with Crippen LogP contribution in [0.2, 0.25) is 0 Å². The number of carboxylic acids is 1. The van der Waals surface area contributed by atoms with E-state index in [1.54, 1.807) is 20.8 Å². The highest BCUT2D eigenvalue weighted by atomic mass is 16.6. The Hall–Kier alpha value is -1.10. The van der Waals surface area contributed by atoms with Crippen LogP contribution in [0.5, 0.6) is 0 Å². The second-order valence-electron chi connectivity index (χ2n) is 4.88. The lowest BCUT2D eigenvalue weighted by molar-refractivity contribution is -0.169. The van der Waals surface area contributed by atoms with Crippen LogP contribution in [0.1, 0.15) is 47.0 Å². The Balaban J connectivity index is 4.77. The van der Waals surface area contributed by atoms with Gasteiger partial charge in [0, 0.05) is 0 Å². The lowest BCUT2D eigenvalue weighted by Gasteiger charge is -2.28. The van der Waals surface area contributed by atoms with Crippen molar-refractivity contribution in [1.82, 2.24) is 0 Å². The Morgan fingerprint density at radius 1 is 1.31 bits per heavy atom. The highest BCUT2D eigenvalue weighted by Crippen LogP contribution is 2.18. The van der Waals surface area contributed by atoms with Gasteiger partial charge in [-0.2, -0.15) is 0 Å². The zero-order valence-electron chi connectivity index (χ0n) is 10.4. The third-order valence-electron chi connectivity index (χ3n) is 2.07. The zero-order valence-corrected chi connectivity index (χ0v) is 10.4. The molecule has 0 radical (unpaired) electrons. The number of carboxylic acid groups (broad SMARTS) is 1. The summed E-state index contributed by atoms with van der Waals surface area (Å²) < 4.78 is 5.02. The molecule has 0 saturated carbocycles. The second kappa shape index (κ2) is 5.30. The number of unbranched alkanes of at least 4 members (excludes halogenated alkanes) is 1. The molecule has 0 aromatic heterocycles. The minimum Gasteiger partial charge on any atom is -0.479 e. The topological polar surface area (TPSA) is 89.6 Å². The van der Waals surface area contributed by atoms with Gasteiger partial charge in [-0.3, -0.25) is 0 Å². The first kappa shape index (κ1) is 14.9. The molecule has 0 rings (SSSR count). The number of nitrogens with two attached hydrogens (primary N) is 1. The molecule has 0 amide bonds. The second-order valence-corrected chi connectivity index (χ2v) is 4.88. The Kier molecular flexibility index (Phi) is 4.93. The average molecular weight is 231 g/mol. The Morgan fingerprint density at radius 3 is 2.12 bits per heavy atom. The van der Waals surface area contributed by atoms with Crippen LogP contribution in [0, 0.1) is 0 Å². The van der Waals surface area contributed by atoms with Gasteiger partial charge in [-0.15, -0.1) is 0 Å². The summed E-state index contributed by atoms with van der Waals surface area (Å²) in [6, 6.07) is 0. The molecule has 0 saturated heterocycles. The normalized spacial score (nSPS) is 15.3. The van der Waals surface area contributed by atoms with Gasteiger partial charge in [0.2, 0.25) is 5.54 Å². The van der Waals surface area contributed by atoms with Crippen LogP contribution < -0.4 is 5.73 Å². The van der Waals surface area contributed by atoms with Gasteiger partial charge < -0.3 is 15.6 Å². The smallest absolute Gasteiger partial charge is 0.338 e. The molecule has 94 valence electrons. The van der Waals surface area contributed by atoms with E-state index in [4.69, 9.17) is 15.6 Å². The Bertz CT molecular complexity index is 270. The van der Waals surface area contributed by atoms with Crippen LogP contribution in [0.3, 0.4) is 0 Å². The van der Waals surface area contributed by atoms with Crippen molar-refractivity contribution in [2.75, 3.05) is 0 Å². The van der Waals surface area contributed by atoms with Crippen molar-refractivity contribution in [2.24, 2.45) is 5.73 Å². The van der Waals surface area contributed by atoms with Gasteiger partial charge in [-0.25, -0.2) is 9.59 Å². The van der Waals surface area contributed by atoms with E-state index in [-0.39, 0.29) is 6.42 Å². The molecule has 0 fully saturated rings. The van der Waals surface area contributed by atoms with Crippen molar-refractivity contribution in [2.45, 2.75) is 58.1 Å². The van der Waals surface area contributed by atoms with Crippen LogP contribution >= 0.6 is 0 Å². The maximum atomic E-state index is 11.7. The molecule has 3 N–H and O–H groups in total. The van der Waals surface area contributed by atoms with Gasteiger partial charge in [0.15, 0.2) is 0 Å². The SMILES string of the molecule is CCCC[C@](N)(C(=O)O)C(=O)OC(C)(C)C. The van der Waals surface area contributed by atoms with Gasteiger partial charge in [-0.1, -0.05) is 19.8 Å². The first-order chi connectivity index (χ1) is 7.13. The Morgan fingerprint density at radius 2 is 1.81 bits per heavy atom. The molecule has 0 aromatic rings. The Labute approximate surface area is 96.0 Å². The van der Waals surface area contributed by atoms with E-state index in [1.165, 1.54) is 0 Å². The molecule has 0 aromatic carbocycles. The fourth-order valence-corrected chi connectivity index (χ4v) is 1.12. The van der Waals surface area contributed by atoms with Crippen molar-refractivity contribution in [3.63, 3.8) is 0 Å². The maximum Gasteiger partial charge on any atom is 0.338 e. The van der Waals surface area contributed by atoms with Crippen molar-refractivity contribution in [1.29, 1.82) is 0 Å². The third-order valence-corrected chi connectivity index (χ3v) is 2.07. The summed E-state index contributed by atoms with van der Waals surface area (Å²) in [5.74, 6) is -2.21. The van der Waals surface area contributed by atoms with Crippen molar-refractivity contribution >= 4 is 11.9 Å². The fourth-order valence-electron chi connectivity index (χ4n) is 1.12. The number of aliphatic carboxylic acids is 1. The maximum absolute atomic E-state index is 11.7. The number of rotatable bonds is 5. The highest BCUT2D eigenvalue weighted by molar-refractivity contribution is 6.03. The van der Waals surface area contributed by atoms with Gasteiger partial charge in [0.05, 0.1) is 0 Å². The number of carbonyl (C=O) groups excluding carboxylic acids is 1. The van der Waals surface area contributed by atoms with E-state index in [1.807, 2.05) is 6.92 Å². The standard InChI is InChI=1S/C11H21NO4/c1-5-6-7-11(12,8(13)14)9(15)16-10(2,3)4/h5-7,12H2,1-4H3,(H,13,14)/t11-/m0/s1. The van der Waals surface area contributed by atoms with E-state index < -0.39 is 23.1 Å².